The summed E-state index contributed by atoms with van der Waals surface area (Å²) in [6, 6.07) is 1.07. The van der Waals surface area contributed by atoms with Gasteiger partial charge in [0.2, 0.25) is 0 Å². The molecule has 0 aromatic heterocycles. The molecule has 8 heteroatoms. The molecule has 0 amide bonds. The lowest BCUT2D eigenvalue weighted by molar-refractivity contribution is -0.392. The summed E-state index contributed by atoms with van der Waals surface area (Å²) in [5.74, 6) is 0.206. The average molecular weight is 302 g/mol. The molecule has 1 aromatic rings. The van der Waals surface area contributed by atoms with E-state index in [0.29, 0.717) is 17.5 Å². The molecule has 0 fully saturated rings. The van der Waals surface area contributed by atoms with Gasteiger partial charge in [0.05, 0.1) is 9.85 Å². The Morgan fingerprint density at radius 3 is 2.30 bits per heavy atom. The van der Waals surface area contributed by atoms with Crippen molar-refractivity contribution in [2.24, 2.45) is 0 Å². The van der Waals surface area contributed by atoms with Crippen LogP contribution in [-0.4, -0.2) is 21.8 Å². The second kappa shape index (κ2) is 6.51. The number of benzene rings is 1. The van der Waals surface area contributed by atoms with E-state index >= 15 is 0 Å². The molecule has 0 radical (unpaired) electrons. The standard InChI is InChI=1S/C12H16ClN3O4/c1-4-9(6-13)14-11-10(15(17)18)5-7(2)8(3)12(11)16(19)20/h5,9,14H,4,6H2,1-3H3. The highest BCUT2D eigenvalue weighted by molar-refractivity contribution is 6.18. The van der Waals surface area contributed by atoms with Gasteiger partial charge in [-0.1, -0.05) is 6.92 Å². The number of rotatable bonds is 6. The van der Waals surface area contributed by atoms with Crippen molar-refractivity contribution in [2.75, 3.05) is 11.2 Å². The quantitative estimate of drug-likeness (QED) is 0.492. The molecule has 0 bridgehead atoms. The van der Waals surface area contributed by atoms with E-state index in [1.54, 1.807) is 13.8 Å². The van der Waals surface area contributed by atoms with E-state index in [1.165, 1.54) is 6.07 Å². The molecule has 7 nitrogen and oxygen atoms in total. The molecule has 0 saturated heterocycles. The van der Waals surface area contributed by atoms with Gasteiger partial charge in [-0.25, -0.2) is 0 Å². The number of nitrogens with zero attached hydrogens (tertiary/aromatic N) is 2. The minimum absolute atomic E-state index is 0.0735. The number of halogens is 1. The Bertz CT molecular complexity index is 544. The van der Waals surface area contributed by atoms with Gasteiger partial charge in [-0.05, 0) is 25.8 Å². The van der Waals surface area contributed by atoms with Crippen molar-refractivity contribution in [3.63, 3.8) is 0 Å². The first-order valence-corrected chi connectivity index (χ1v) is 6.62. The summed E-state index contributed by atoms with van der Waals surface area (Å²) in [4.78, 5) is 21.1. The summed E-state index contributed by atoms with van der Waals surface area (Å²) in [5.41, 5.74) is 0.277. The van der Waals surface area contributed by atoms with Crippen LogP contribution < -0.4 is 5.32 Å². The first kappa shape index (κ1) is 16.2. The molecule has 1 atom stereocenters. The molecule has 1 rings (SSSR count). The van der Waals surface area contributed by atoms with Gasteiger partial charge in [0.25, 0.3) is 5.69 Å². The third-order valence-electron chi connectivity index (χ3n) is 3.20. The zero-order valence-electron chi connectivity index (χ0n) is 11.5. The van der Waals surface area contributed by atoms with Gasteiger partial charge in [0, 0.05) is 23.6 Å². The molecule has 0 aliphatic rings. The molecule has 0 aliphatic heterocycles. The maximum atomic E-state index is 11.2. The van der Waals surface area contributed by atoms with Gasteiger partial charge in [0.1, 0.15) is 0 Å². The van der Waals surface area contributed by atoms with Crippen molar-refractivity contribution in [2.45, 2.75) is 33.2 Å². The van der Waals surface area contributed by atoms with Gasteiger partial charge < -0.3 is 5.32 Å². The number of aryl methyl sites for hydroxylation is 1. The van der Waals surface area contributed by atoms with E-state index in [9.17, 15) is 20.2 Å². The summed E-state index contributed by atoms with van der Waals surface area (Å²) in [5, 5.41) is 25.2. The number of hydrogen-bond acceptors (Lipinski definition) is 5. The number of alkyl halides is 1. The van der Waals surface area contributed by atoms with Crippen molar-refractivity contribution in [3.8, 4) is 0 Å². The number of anilines is 1. The summed E-state index contributed by atoms with van der Waals surface area (Å²) in [6.07, 6.45) is 0.602. The Morgan fingerprint density at radius 1 is 1.30 bits per heavy atom. The lowest BCUT2D eigenvalue weighted by Gasteiger charge is -2.16. The topological polar surface area (TPSA) is 98.3 Å². The molecule has 1 N–H and O–H groups in total. The van der Waals surface area contributed by atoms with Crippen LogP contribution in [0, 0.1) is 34.1 Å². The highest BCUT2D eigenvalue weighted by Crippen LogP contribution is 2.39. The van der Waals surface area contributed by atoms with Crippen molar-refractivity contribution in [1.29, 1.82) is 0 Å². The molecular weight excluding hydrogens is 286 g/mol. The van der Waals surface area contributed by atoms with E-state index in [2.05, 4.69) is 5.32 Å². The van der Waals surface area contributed by atoms with Crippen molar-refractivity contribution >= 4 is 28.7 Å². The summed E-state index contributed by atoms with van der Waals surface area (Å²) < 4.78 is 0. The van der Waals surface area contributed by atoms with Crippen LogP contribution in [0.3, 0.4) is 0 Å². The van der Waals surface area contributed by atoms with Crippen molar-refractivity contribution in [3.05, 3.63) is 37.4 Å². The second-order valence-corrected chi connectivity index (χ2v) is 4.79. The van der Waals surface area contributed by atoms with E-state index in [-0.39, 0.29) is 29.0 Å². The molecule has 110 valence electrons. The Hall–Kier alpha value is -1.89. The summed E-state index contributed by atoms with van der Waals surface area (Å²) in [7, 11) is 0. The molecule has 0 saturated carbocycles. The Labute approximate surface area is 121 Å². The first-order valence-electron chi connectivity index (χ1n) is 6.08. The minimum atomic E-state index is -0.622. The predicted molar refractivity (Wildman–Crippen MR) is 77.6 cm³/mol. The van der Waals surface area contributed by atoms with Gasteiger partial charge in [-0.3, -0.25) is 20.2 Å². The SMILES string of the molecule is CCC(CCl)Nc1c([N+](=O)[O-])cc(C)c(C)c1[N+](=O)[O-]. The second-order valence-electron chi connectivity index (χ2n) is 4.48. The largest absolute Gasteiger partial charge is 0.370 e. The lowest BCUT2D eigenvalue weighted by Crippen LogP contribution is -2.22. The van der Waals surface area contributed by atoms with Gasteiger partial charge >= 0.3 is 5.69 Å². The predicted octanol–water partition coefficient (Wildman–Crippen LogP) is 3.55. The van der Waals surface area contributed by atoms with Crippen LogP contribution in [0.25, 0.3) is 0 Å². The number of nitrogens with one attached hydrogen (secondary N) is 1. The number of nitro groups is 2. The molecular formula is C12H16ClN3O4. The zero-order chi connectivity index (χ0) is 15.4. The Morgan fingerprint density at radius 2 is 1.90 bits per heavy atom. The third-order valence-corrected chi connectivity index (χ3v) is 3.57. The van der Waals surface area contributed by atoms with Crippen LogP contribution in [0.4, 0.5) is 17.1 Å². The first-order chi connectivity index (χ1) is 9.33. The fourth-order valence-electron chi connectivity index (χ4n) is 1.85. The van der Waals surface area contributed by atoms with Crippen molar-refractivity contribution < 1.29 is 9.85 Å². The third kappa shape index (κ3) is 3.16. The monoisotopic (exact) mass is 301 g/mol. The van der Waals surface area contributed by atoms with Gasteiger partial charge in [0.15, 0.2) is 5.69 Å². The van der Waals surface area contributed by atoms with Gasteiger partial charge in [-0.2, -0.15) is 0 Å². The van der Waals surface area contributed by atoms with Gasteiger partial charge in [-0.15, -0.1) is 11.6 Å². The fourth-order valence-corrected chi connectivity index (χ4v) is 2.14. The molecule has 0 aliphatic carbocycles. The van der Waals surface area contributed by atoms with Crippen LogP contribution in [0.2, 0.25) is 0 Å². The maximum Gasteiger partial charge on any atom is 0.302 e. The summed E-state index contributed by atoms with van der Waals surface area (Å²) in [6.45, 7) is 5.03. The van der Waals surface area contributed by atoms with E-state index in [4.69, 9.17) is 11.6 Å². The molecule has 1 unspecified atom stereocenters. The lowest BCUT2D eigenvalue weighted by atomic mass is 10.0. The Kier molecular flexibility index (Phi) is 5.26. The minimum Gasteiger partial charge on any atom is -0.370 e. The smallest absolute Gasteiger partial charge is 0.302 e. The normalized spacial score (nSPS) is 12.0. The van der Waals surface area contributed by atoms with Crippen LogP contribution in [0.1, 0.15) is 24.5 Å². The highest BCUT2D eigenvalue weighted by Gasteiger charge is 2.30. The fraction of sp³-hybridized carbons (Fsp3) is 0.500. The van der Waals surface area contributed by atoms with Crippen LogP contribution in [0.5, 0.6) is 0 Å². The molecule has 20 heavy (non-hydrogen) atoms. The molecule has 1 aromatic carbocycles. The van der Waals surface area contributed by atoms with E-state index < -0.39 is 9.85 Å². The molecule has 0 spiro atoms. The van der Waals surface area contributed by atoms with Crippen molar-refractivity contribution in [1.82, 2.24) is 0 Å². The van der Waals surface area contributed by atoms with Crippen LogP contribution >= 0.6 is 11.6 Å². The number of nitro benzene ring substituents is 2. The number of hydrogen-bond donors (Lipinski definition) is 1. The average Bonchev–Trinajstić information content (AvgIpc) is 2.38. The van der Waals surface area contributed by atoms with Crippen LogP contribution in [-0.2, 0) is 0 Å². The van der Waals surface area contributed by atoms with Crippen LogP contribution in [0.15, 0.2) is 6.07 Å². The Balaban J connectivity index is 3.54. The molecule has 0 heterocycles. The van der Waals surface area contributed by atoms with E-state index in [0.717, 1.165) is 0 Å². The zero-order valence-corrected chi connectivity index (χ0v) is 12.2. The van der Waals surface area contributed by atoms with E-state index in [1.807, 2.05) is 6.92 Å². The highest BCUT2D eigenvalue weighted by atomic mass is 35.5. The summed E-state index contributed by atoms with van der Waals surface area (Å²) >= 11 is 5.75. The maximum absolute atomic E-state index is 11.2.